The second-order valence-corrected chi connectivity index (χ2v) is 6.34. The van der Waals surface area contributed by atoms with Crippen LogP contribution in [0.1, 0.15) is 55.9 Å². The third-order valence-electron chi connectivity index (χ3n) is 4.75. The summed E-state index contributed by atoms with van der Waals surface area (Å²) in [6, 6.07) is 2.16. The lowest BCUT2D eigenvalue weighted by Crippen LogP contribution is -2.40. The van der Waals surface area contributed by atoms with Crippen LogP contribution in [0.4, 0.5) is 5.95 Å². The average Bonchev–Trinajstić information content (AvgIpc) is 3.13. The quantitative estimate of drug-likeness (QED) is 0.901. The zero-order chi connectivity index (χ0) is 16.1. The topological polar surface area (TPSA) is 67.4 Å². The Morgan fingerprint density at radius 2 is 2.30 bits per heavy atom. The fourth-order valence-corrected chi connectivity index (χ4v) is 3.40. The molecule has 0 spiro atoms. The van der Waals surface area contributed by atoms with Gasteiger partial charge in [-0.2, -0.15) is 0 Å². The molecule has 0 bridgehead atoms. The number of aromatic nitrogens is 2. The fraction of sp³-hybridized carbons (Fsp3) is 0.706. The molecule has 6 heteroatoms. The number of hydrogen-bond donors (Lipinski definition) is 1. The third-order valence-corrected chi connectivity index (χ3v) is 4.75. The minimum Gasteiger partial charge on any atom is -0.376 e. The van der Waals surface area contributed by atoms with Gasteiger partial charge in [0.25, 0.3) is 5.91 Å². The number of carbonyl (C=O) groups is 1. The fourth-order valence-electron chi connectivity index (χ4n) is 3.40. The van der Waals surface area contributed by atoms with Crippen LogP contribution < -0.4 is 10.2 Å². The lowest BCUT2D eigenvalue weighted by molar-refractivity contribution is 0.0853. The highest BCUT2D eigenvalue weighted by molar-refractivity contribution is 5.92. The van der Waals surface area contributed by atoms with Gasteiger partial charge in [0.05, 0.1) is 6.10 Å². The van der Waals surface area contributed by atoms with Crippen LogP contribution in [0.5, 0.6) is 0 Å². The van der Waals surface area contributed by atoms with Gasteiger partial charge < -0.3 is 15.0 Å². The van der Waals surface area contributed by atoms with Crippen molar-refractivity contribution in [3.05, 3.63) is 18.0 Å². The minimum absolute atomic E-state index is 0.144. The SMILES string of the molecule is CCC1CCCCN1c1nccc(C(=O)NCC2CCCO2)n1. The van der Waals surface area contributed by atoms with Crippen LogP contribution in [0.2, 0.25) is 0 Å². The summed E-state index contributed by atoms with van der Waals surface area (Å²) in [5, 5.41) is 2.92. The van der Waals surface area contributed by atoms with E-state index in [9.17, 15) is 4.79 Å². The Morgan fingerprint density at radius 3 is 3.09 bits per heavy atom. The second kappa shape index (κ2) is 7.73. The summed E-state index contributed by atoms with van der Waals surface area (Å²) in [4.78, 5) is 23.5. The maximum Gasteiger partial charge on any atom is 0.270 e. The summed E-state index contributed by atoms with van der Waals surface area (Å²) in [5.74, 6) is 0.538. The molecule has 2 fully saturated rings. The van der Waals surface area contributed by atoms with E-state index in [0.717, 1.165) is 38.8 Å². The molecule has 0 aromatic carbocycles. The van der Waals surface area contributed by atoms with Crippen LogP contribution in [0.3, 0.4) is 0 Å². The molecular weight excluding hydrogens is 292 g/mol. The Labute approximate surface area is 137 Å². The van der Waals surface area contributed by atoms with Gasteiger partial charge in [-0.1, -0.05) is 6.92 Å². The Kier molecular flexibility index (Phi) is 5.43. The summed E-state index contributed by atoms with van der Waals surface area (Å²) in [6.45, 7) is 4.52. The maximum absolute atomic E-state index is 12.3. The lowest BCUT2D eigenvalue weighted by atomic mass is 10.0. The van der Waals surface area contributed by atoms with Crippen LogP contribution in [0, 0.1) is 0 Å². The maximum atomic E-state index is 12.3. The van der Waals surface area contributed by atoms with Crippen molar-refractivity contribution in [3.8, 4) is 0 Å². The molecule has 2 aliphatic rings. The second-order valence-electron chi connectivity index (χ2n) is 6.34. The molecule has 1 N–H and O–H groups in total. The van der Waals surface area contributed by atoms with Crippen LogP contribution in [0.15, 0.2) is 12.3 Å². The van der Waals surface area contributed by atoms with Crippen molar-refractivity contribution >= 4 is 11.9 Å². The summed E-state index contributed by atoms with van der Waals surface area (Å²) in [6.07, 6.45) is 8.60. The van der Waals surface area contributed by atoms with Gasteiger partial charge in [0.2, 0.25) is 5.95 Å². The van der Waals surface area contributed by atoms with Crippen molar-refractivity contribution in [1.29, 1.82) is 0 Å². The largest absolute Gasteiger partial charge is 0.376 e. The van der Waals surface area contributed by atoms with E-state index in [0.29, 0.717) is 24.2 Å². The molecule has 6 nitrogen and oxygen atoms in total. The first kappa shape index (κ1) is 16.2. The molecule has 0 radical (unpaired) electrons. The Morgan fingerprint density at radius 1 is 1.39 bits per heavy atom. The molecular formula is C17H26N4O2. The van der Waals surface area contributed by atoms with Crippen LogP contribution in [-0.4, -0.2) is 47.7 Å². The number of rotatable bonds is 5. The van der Waals surface area contributed by atoms with Gasteiger partial charge >= 0.3 is 0 Å². The van der Waals surface area contributed by atoms with Crippen LogP contribution in [-0.2, 0) is 4.74 Å². The van der Waals surface area contributed by atoms with E-state index in [1.54, 1.807) is 12.3 Å². The van der Waals surface area contributed by atoms with Gasteiger partial charge in [0.15, 0.2) is 0 Å². The number of nitrogens with zero attached hydrogens (tertiary/aromatic N) is 3. The molecule has 0 aliphatic carbocycles. The van der Waals surface area contributed by atoms with Gasteiger partial charge in [0.1, 0.15) is 5.69 Å². The number of piperidine rings is 1. The predicted octanol–water partition coefficient (Wildman–Crippen LogP) is 2.15. The van der Waals surface area contributed by atoms with E-state index in [1.807, 2.05) is 0 Å². The molecule has 2 aliphatic heterocycles. The van der Waals surface area contributed by atoms with Crippen molar-refractivity contribution in [3.63, 3.8) is 0 Å². The zero-order valence-corrected chi connectivity index (χ0v) is 13.8. The molecule has 2 unspecified atom stereocenters. The van der Waals surface area contributed by atoms with Crippen molar-refractivity contribution in [2.75, 3.05) is 24.6 Å². The van der Waals surface area contributed by atoms with Crippen molar-refractivity contribution in [1.82, 2.24) is 15.3 Å². The highest BCUT2D eigenvalue weighted by Crippen LogP contribution is 2.23. The zero-order valence-electron chi connectivity index (χ0n) is 13.8. The van der Waals surface area contributed by atoms with E-state index >= 15 is 0 Å². The first-order valence-corrected chi connectivity index (χ1v) is 8.77. The molecule has 0 saturated carbocycles. The van der Waals surface area contributed by atoms with E-state index in [2.05, 4.69) is 27.1 Å². The smallest absolute Gasteiger partial charge is 0.270 e. The van der Waals surface area contributed by atoms with Crippen molar-refractivity contribution < 1.29 is 9.53 Å². The Hall–Kier alpha value is -1.69. The first-order valence-electron chi connectivity index (χ1n) is 8.77. The molecule has 126 valence electrons. The third kappa shape index (κ3) is 3.99. The molecule has 23 heavy (non-hydrogen) atoms. The highest BCUT2D eigenvalue weighted by Gasteiger charge is 2.24. The van der Waals surface area contributed by atoms with E-state index in [-0.39, 0.29) is 12.0 Å². The van der Waals surface area contributed by atoms with Gasteiger partial charge in [-0.3, -0.25) is 4.79 Å². The van der Waals surface area contributed by atoms with Crippen molar-refractivity contribution in [2.45, 2.75) is 57.6 Å². The molecule has 3 heterocycles. The molecule has 1 aromatic heterocycles. The molecule has 2 saturated heterocycles. The molecule has 1 aromatic rings. The van der Waals surface area contributed by atoms with Gasteiger partial charge in [-0.25, -0.2) is 9.97 Å². The number of ether oxygens (including phenoxy) is 1. The number of amides is 1. The first-order chi connectivity index (χ1) is 11.3. The monoisotopic (exact) mass is 318 g/mol. The Balaban J connectivity index is 1.64. The molecule has 3 rings (SSSR count). The highest BCUT2D eigenvalue weighted by atomic mass is 16.5. The summed E-state index contributed by atoms with van der Waals surface area (Å²) in [5.41, 5.74) is 0.438. The minimum atomic E-state index is -0.144. The normalized spacial score (nSPS) is 24.7. The predicted molar refractivity (Wildman–Crippen MR) is 88.6 cm³/mol. The van der Waals surface area contributed by atoms with E-state index < -0.39 is 0 Å². The van der Waals surface area contributed by atoms with Crippen molar-refractivity contribution in [2.24, 2.45) is 0 Å². The van der Waals surface area contributed by atoms with E-state index in [1.165, 1.54) is 12.8 Å². The summed E-state index contributed by atoms with van der Waals surface area (Å²) >= 11 is 0. The molecule has 2 atom stereocenters. The van der Waals surface area contributed by atoms with Gasteiger partial charge in [0, 0.05) is 31.9 Å². The number of anilines is 1. The number of carbonyl (C=O) groups excluding carboxylic acids is 1. The van der Waals surface area contributed by atoms with Crippen LogP contribution in [0.25, 0.3) is 0 Å². The number of hydrogen-bond acceptors (Lipinski definition) is 5. The Bertz CT molecular complexity index is 531. The summed E-state index contributed by atoms with van der Waals surface area (Å²) < 4.78 is 5.53. The average molecular weight is 318 g/mol. The lowest BCUT2D eigenvalue weighted by Gasteiger charge is -2.35. The summed E-state index contributed by atoms with van der Waals surface area (Å²) in [7, 11) is 0. The van der Waals surface area contributed by atoms with Crippen LogP contribution >= 0.6 is 0 Å². The van der Waals surface area contributed by atoms with Gasteiger partial charge in [-0.05, 0) is 44.6 Å². The molecule has 1 amide bonds. The van der Waals surface area contributed by atoms with E-state index in [4.69, 9.17) is 4.74 Å². The number of nitrogens with one attached hydrogen (secondary N) is 1. The van der Waals surface area contributed by atoms with Gasteiger partial charge in [-0.15, -0.1) is 0 Å². The standard InChI is InChI=1S/C17H26N4O2/c1-2-13-6-3-4-10-21(13)17-18-9-8-15(20-17)16(22)19-12-14-7-5-11-23-14/h8-9,13-14H,2-7,10-12H2,1H3,(H,19,22).